The number of hydrogen-bond donors (Lipinski definition) is 2. The highest BCUT2D eigenvalue weighted by atomic mass is 16.4. The second kappa shape index (κ2) is 32.9. The van der Waals surface area contributed by atoms with E-state index in [1.165, 1.54) is 173 Å². The highest BCUT2D eigenvalue weighted by Crippen LogP contribution is 2.16. The average molecular weight is 551 g/mol. The first-order valence-corrected chi connectivity index (χ1v) is 17.2. The summed E-state index contributed by atoms with van der Waals surface area (Å²) < 4.78 is 0. The summed E-state index contributed by atoms with van der Waals surface area (Å²) in [6.07, 6.45) is 43.3. The van der Waals surface area contributed by atoms with E-state index in [4.69, 9.17) is 10.2 Å². The van der Waals surface area contributed by atoms with E-state index in [1.807, 2.05) is 0 Å². The molecule has 0 amide bonds. The van der Waals surface area contributed by atoms with Gasteiger partial charge in [-0.2, -0.15) is 0 Å². The number of carboxylic acids is 2. The molecule has 0 aromatic heterocycles. The Bertz CT molecular complexity index is 543. The number of allylic oxidation sites excluding steroid dienone is 1. The SMILES string of the molecule is O=C(O)C=CCCCCCCCCCCCCCCCCCCCCCCCCCCCCCCCC(=O)O. The van der Waals surface area contributed by atoms with Crippen LogP contribution >= 0.6 is 0 Å². The Kier molecular flexibility index (Phi) is 31.8. The van der Waals surface area contributed by atoms with E-state index in [0.717, 1.165) is 25.7 Å². The molecule has 0 radical (unpaired) electrons. The lowest BCUT2D eigenvalue weighted by atomic mass is 10.0. The first-order valence-electron chi connectivity index (χ1n) is 17.2. The molecule has 0 rings (SSSR count). The Labute approximate surface area is 242 Å². The van der Waals surface area contributed by atoms with Crippen LogP contribution in [-0.4, -0.2) is 22.2 Å². The molecule has 0 aromatic rings. The van der Waals surface area contributed by atoms with Gasteiger partial charge < -0.3 is 10.2 Å². The quantitative estimate of drug-likeness (QED) is 0.0629. The third-order valence-corrected chi connectivity index (χ3v) is 8.02. The highest BCUT2D eigenvalue weighted by molar-refractivity contribution is 5.79. The molecule has 0 fully saturated rings. The predicted molar refractivity (Wildman–Crippen MR) is 168 cm³/mol. The Morgan fingerprint density at radius 1 is 0.359 bits per heavy atom. The molecule has 4 heteroatoms. The smallest absolute Gasteiger partial charge is 0.327 e. The molecule has 0 bridgehead atoms. The van der Waals surface area contributed by atoms with Crippen LogP contribution in [0.1, 0.15) is 199 Å². The van der Waals surface area contributed by atoms with Crippen LogP contribution in [0.4, 0.5) is 0 Å². The van der Waals surface area contributed by atoms with Crippen molar-refractivity contribution in [3.05, 3.63) is 12.2 Å². The van der Waals surface area contributed by atoms with Crippen molar-refractivity contribution in [2.45, 2.75) is 199 Å². The van der Waals surface area contributed by atoms with Crippen molar-refractivity contribution >= 4 is 11.9 Å². The van der Waals surface area contributed by atoms with Crippen LogP contribution in [0.2, 0.25) is 0 Å². The minimum Gasteiger partial charge on any atom is -0.481 e. The number of rotatable bonds is 33. The van der Waals surface area contributed by atoms with Gasteiger partial charge in [-0.1, -0.05) is 179 Å². The molecule has 230 valence electrons. The van der Waals surface area contributed by atoms with Crippen LogP contribution in [0.15, 0.2) is 12.2 Å². The van der Waals surface area contributed by atoms with E-state index in [9.17, 15) is 9.59 Å². The van der Waals surface area contributed by atoms with Crippen molar-refractivity contribution in [3.63, 3.8) is 0 Å². The molecular weight excluding hydrogens is 484 g/mol. The maximum absolute atomic E-state index is 10.5. The summed E-state index contributed by atoms with van der Waals surface area (Å²) in [6, 6.07) is 0. The van der Waals surface area contributed by atoms with Gasteiger partial charge in [-0.25, -0.2) is 4.79 Å². The number of carbonyl (C=O) groups is 2. The van der Waals surface area contributed by atoms with Crippen molar-refractivity contribution < 1.29 is 19.8 Å². The van der Waals surface area contributed by atoms with Gasteiger partial charge in [0, 0.05) is 12.5 Å². The molecule has 0 unspecified atom stereocenters. The second-order valence-electron chi connectivity index (χ2n) is 11.9. The molecule has 0 heterocycles. The molecule has 0 spiro atoms. The summed E-state index contributed by atoms with van der Waals surface area (Å²) >= 11 is 0. The third kappa shape index (κ3) is 36.7. The fraction of sp³-hybridized carbons (Fsp3) is 0.886. The van der Waals surface area contributed by atoms with Crippen LogP contribution in [0, 0.1) is 0 Å². The molecule has 0 aromatic carbocycles. The largest absolute Gasteiger partial charge is 0.481 e. The van der Waals surface area contributed by atoms with Crippen molar-refractivity contribution in [3.8, 4) is 0 Å². The summed E-state index contributed by atoms with van der Waals surface area (Å²) in [7, 11) is 0. The van der Waals surface area contributed by atoms with Crippen molar-refractivity contribution in [1.82, 2.24) is 0 Å². The maximum atomic E-state index is 10.5. The Balaban J connectivity index is 3.06. The Morgan fingerprint density at radius 2 is 0.590 bits per heavy atom. The van der Waals surface area contributed by atoms with Gasteiger partial charge in [0.05, 0.1) is 0 Å². The molecule has 2 N–H and O–H groups in total. The van der Waals surface area contributed by atoms with E-state index in [-0.39, 0.29) is 0 Å². The lowest BCUT2D eigenvalue weighted by Crippen LogP contribution is -1.93. The van der Waals surface area contributed by atoms with Gasteiger partial charge in [0.25, 0.3) is 0 Å². The summed E-state index contributed by atoms with van der Waals surface area (Å²) in [5.41, 5.74) is 0. The van der Waals surface area contributed by atoms with Crippen molar-refractivity contribution in [2.24, 2.45) is 0 Å². The summed E-state index contributed by atoms with van der Waals surface area (Å²) in [5, 5.41) is 17.2. The highest BCUT2D eigenvalue weighted by Gasteiger charge is 1.98. The zero-order valence-corrected chi connectivity index (χ0v) is 25.8. The molecule has 4 nitrogen and oxygen atoms in total. The van der Waals surface area contributed by atoms with Crippen LogP contribution < -0.4 is 0 Å². The summed E-state index contributed by atoms with van der Waals surface area (Å²) in [4.78, 5) is 20.8. The van der Waals surface area contributed by atoms with Gasteiger partial charge in [-0.3, -0.25) is 4.79 Å². The third-order valence-electron chi connectivity index (χ3n) is 8.02. The normalized spacial score (nSPS) is 11.5. The van der Waals surface area contributed by atoms with E-state index < -0.39 is 11.9 Å². The second-order valence-corrected chi connectivity index (χ2v) is 11.9. The topological polar surface area (TPSA) is 74.6 Å². The van der Waals surface area contributed by atoms with Crippen LogP contribution in [0.25, 0.3) is 0 Å². The Hall–Kier alpha value is -1.32. The predicted octanol–water partition coefficient (Wildman–Crippen LogP) is 11.8. The van der Waals surface area contributed by atoms with E-state index >= 15 is 0 Å². The maximum Gasteiger partial charge on any atom is 0.327 e. The molecule has 0 aliphatic carbocycles. The molecular formula is C35H66O4. The van der Waals surface area contributed by atoms with E-state index in [1.54, 1.807) is 6.08 Å². The first-order chi connectivity index (χ1) is 19.1. The minimum atomic E-state index is -0.835. The Morgan fingerprint density at radius 3 is 0.821 bits per heavy atom. The number of carboxylic acid groups (broad SMARTS) is 2. The van der Waals surface area contributed by atoms with Gasteiger partial charge in [0.15, 0.2) is 0 Å². The molecule has 0 saturated carbocycles. The standard InChI is InChI=1S/C35H66O4/c36-34(37)32-30-28-26-24-22-20-18-16-14-12-10-8-6-4-2-1-3-5-7-9-11-13-15-17-19-21-23-25-27-29-31-33-35(38)39/h30,32H,1-29,31,33H2,(H,36,37)(H,38,39). The van der Waals surface area contributed by atoms with Gasteiger partial charge in [-0.05, 0) is 19.3 Å². The monoisotopic (exact) mass is 550 g/mol. The number of aliphatic carboxylic acids is 2. The van der Waals surface area contributed by atoms with Crippen molar-refractivity contribution in [2.75, 3.05) is 0 Å². The molecule has 0 aliphatic rings. The summed E-state index contributed by atoms with van der Waals surface area (Å²) in [6.45, 7) is 0. The fourth-order valence-electron chi connectivity index (χ4n) is 5.50. The summed E-state index contributed by atoms with van der Waals surface area (Å²) in [5.74, 6) is -1.49. The first kappa shape index (κ1) is 37.7. The van der Waals surface area contributed by atoms with Gasteiger partial charge >= 0.3 is 11.9 Å². The van der Waals surface area contributed by atoms with Crippen LogP contribution in [-0.2, 0) is 9.59 Å². The lowest BCUT2D eigenvalue weighted by molar-refractivity contribution is -0.137. The van der Waals surface area contributed by atoms with Gasteiger partial charge in [-0.15, -0.1) is 0 Å². The fourth-order valence-corrected chi connectivity index (χ4v) is 5.50. The van der Waals surface area contributed by atoms with Crippen molar-refractivity contribution in [1.29, 1.82) is 0 Å². The van der Waals surface area contributed by atoms with Crippen LogP contribution in [0.3, 0.4) is 0 Å². The zero-order chi connectivity index (χ0) is 28.5. The average Bonchev–Trinajstić information content (AvgIpc) is 2.91. The number of hydrogen-bond acceptors (Lipinski definition) is 2. The van der Waals surface area contributed by atoms with Crippen LogP contribution in [0.5, 0.6) is 0 Å². The molecule has 39 heavy (non-hydrogen) atoms. The molecule has 0 atom stereocenters. The van der Waals surface area contributed by atoms with E-state index in [0.29, 0.717) is 6.42 Å². The zero-order valence-electron chi connectivity index (χ0n) is 25.8. The molecule has 0 saturated heterocycles. The molecule has 0 aliphatic heterocycles. The van der Waals surface area contributed by atoms with E-state index in [2.05, 4.69) is 0 Å². The minimum absolute atomic E-state index is 0.338. The van der Waals surface area contributed by atoms with Gasteiger partial charge in [0.1, 0.15) is 0 Å². The lowest BCUT2D eigenvalue weighted by Gasteiger charge is -2.04. The number of unbranched alkanes of at least 4 members (excludes halogenated alkanes) is 29. The van der Waals surface area contributed by atoms with Gasteiger partial charge in [0.2, 0.25) is 0 Å².